The molecule has 0 aromatic rings. The predicted molar refractivity (Wildman–Crippen MR) is 70.9 cm³/mol. The van der Waals surface area contributed by atoms with E-state index in [9.17, 15) is 0 Å². The highest BCUT2D eigenvalue weighted by Gasteiger charge is 2.20. The van der Waals surface area contributed by atoms with Crippen molar-refractivity contribution in [3.05, 3.63) is 0 Å². The summed E-state index contributed by atoms with van der Waals surface area (Å²) in [5.41, 5.74) is 0. The van der Waals surface area contributed by atoms with Crippen LogP contribution in [-0.4, -0.2) is 50.3 Å². The first-order valence-electron chi connectivity index (χ1n) is 6.34. The van der Waals surface area contributed by atoms with Crippen molar-refractivity contribution in [2.45, 2.75) is 52.7 Å². The van der Waals surface area contributed by atoms with Gasteiger partial charge in [-0.3, -0.25) is 4.90 Å². The summed E-state index contributed by atoms with van der Waals surface area (Å²) in [6.07, 6.45) is 0. The van der Waals surface area contributed by atoms with Gasteiger partial charge < -0.3 is 10.1 Å². The summed E-state index contributed by atoms with van der Waals surface area (Å²) >= 11 is 0. The van der Waals surface area contributed by atoms with Crippen LogP contribution in [0.1, 0.15) is 34.6 Å². The molecule has 3 atom stereocenters. The van der Waals surface area contributed by atoms with Crippen LogP contribution in [0.25, 0.3) is 0 Å². The van der Waals surface area contributed by atoms with Crippen LogP contribution in [0, 0.1) is 5.92 Å². The normalized spacial score (nSPS) is 17.8. The third kappa shape index (κ3) is 5.83. The average Bonchev–Trinajstić information content (AvgIpc) is 2.23. The molecule has 0 aliphatic heterocycles. The minimum Gasteiger partial charge on any atom is -0.383 e. The SMILES string of the molecule is COCC(C)N(C)C(C)C(C)CNC(C)C. The summed E-state index contributed by atoms with van der Waals surface area (Å²) in [6.45, 7) is 13.1. The third-order valence-corrected chi connectivity index (χ3v) is 3.42. The van der Waals surface area contributed by atoms with Crippen molar-refractivity contribution < 1.29 is 4.74 Å². The molecule has 0 saturated carbocycles. The molecule has 0 rings (SSSR count). The van der Waals surface area contributed by atoms with Gasteiger partial charge in [-0.25, -0.2) is 0 Å². The molecule has 3 nitrogen and oxygen atoms in total. The molecule has 3 unspecified atom stereocenters. The monoisotopic (exact) mass is 230 g/mol. The van der Waals surface area contributed by atoms with Crippen molar-refractivity contribution in [3.8, 4) is 0 Å². The quantitative estimate of drug-likeness (QED) is 0.690. The second kappa shape index (κ2) is 8.04. The summed E-state index contributed by atoms with van der Waals surface area (Å²) in [6, 6.07) is 1.61. The van der Waals surface area contributed by atoms with E-state index in [0.717, 1.165) is 13.2 Å². The molecule has 0 aromatic carbocycles. The van der Waals surface area contributed by atoms with Crippen molar-refractivity contribution in [2.24, 2.45) is 5.92 Å². The minimum absolute atomic E-state index is 0.474. The zero-order valence-corrected chi connectivity index (χ0v) is 12.1. The first kappa shape index (κ1) is 15.9. The number of likely N-dealkylation sites (N-methyl/N-ethyl adjacent to an activating group) is 1. The maximum atomic E-state index is 5.20. The maximum Gasteiger partial charge on any atom is 0.0615 e. The summed E-state index contributed by atoms with van der Waals surface area (Å²) in [5, 5.41) is 3.49. The molecule has 0 aliphatic carbocycles. The zero-order chi connectivity index (χ0) is 12.7. The highest BCUT2D eigenvalue weighted by atomic mass is 16.5. The third-order valence-electron chi connectivity index (χ3n) is 3.42. The van der Waals surface area contributed by atoms with Crippen LogP contribution in [0.3, 0.4) is 0 Å². The van der Waals surface area contributed by atoms with Gasteiger partial charge in [0.05, 0.1) is 6.61 Å². The first-order valence-corrected chi connectivity index (χ1v) is 6.34. The molecule has 0 saturated heterocycles. The summed E-state index contributed by atoms with van der Waals surface area (Å²) in [4.78, 5) is 2.40. The van der Waals surface area contributed by atoms with Crippen LogP contribution in [0.15, 0.2) is 0 Å². The van der Waals surface area contributed by atoms with Gasteiger partial charge in [-0.05, 0) is 33.4 Å². The number of methoxy groups -OCH3 is 1. The second-order valence-electron chi connectivity index (χ2n) is 5.25. The molecular weight excluding hydrogens is 200 g/mol. The predicted octanol–water partition coefficient (Wildman–Crippen LogP) is 1.98. The van der Waals surface area contributed by atoms with Crippen LogP contribution in [0.2, 0.25) is 0 Å². The second-order valence-corrected chi connectivity index (χ2v) is 5.25. The van der Waals surface area contributed by atoms with Gasteiger partial charge in [0.15, 0.2) is 0 Å². The van der Waals surface area contributed by atoms with E-state index in [-0.39, 0.29) is 0 Å². The summed E-state index contributed by atoms with van der Waals surface area (Å²) < 4.78 is 5.20. The topological polar surface area (TPSA) is 24.5 Å². The standard InChI is InChI=1S/C13H30N2O/c1-10(2)14-8-11(3)13(5)15(6)12(4)9-16-7/h10-14H,8-9H2,1-7H3. The Morgan fingerprint density at radius 1 is 1.12 bits per heavy atom. The first-order chi connectivity index (χ1) is 7.40. The van der Waals surface area contributed by atoms with E-state index in [1.54, 1.807) is 7.11 Å². The Kier molecular flexibility index (Phi) is 7.98. The van der Waals surface area contributed by atoms with E-state index in [0.29, 0.717) is 24.0 Å². The fraction of sp³-hybridized carbons (Fsp3) is 1.00. The van der Waals surface area contributed by atoms with Gasteiger partial charge in [0, 0.05) is 25.2 Å². The molecule has 0 bridgehead atoms. The van der Waals surface area contributed by atoms with Gasteiger partial charge in [0.1, 0.15) is 0 Å². The Hall–Kier alpha value is -0.120. The molecule has 0 aliphatic rings. The van der Waals surface area contributed by atoms with Crippen LogP contribution in [0.5, 0.6) is 0 Å². The van der Waals surface area contributed by atoms with Gasteiger partial charge in [-0.15, -0.1) is 0 Å². The number of rotatable bonds is 8. The number of hydrogen-bond acceptors (Lipinski definition) is 3. The van der Waals surface area contributed by atoms with Crippen molar-refractivity contribution in [3.63, 3.8) is 0 Å². The Labute approximate surface area is 102 Å². The molecule has 0 fully saturated rings. The minimum atomic E-state index is 0.474. The van der Waals surface area contributed by atoms with Crippen molar-refractivity contribution >= 4 is 0 Å². The number of nitrogens with zero attached hydrogens (tertiary/aromatic N) is 1. The van der Waals surface area contributed by atoms with Gasteiger partial charge in [-0.1, -0.05) is 20.8 Å². The van der Waals surface area contributed by atoms with E-state index in [4.69, 9.17) is 4.74 Å². The fourth-order valence-corrected chi connectivity index (χ4v) is 1.75. The Morgan fingerprint density at radius 3 is 2.12 bits per heavy atom. The van der Waals surface area contributed by atoms with Crippen LogP contribution in [0.4, 0.5) is 0 Å². The number of ether oxygens (including phenoxy) is 1. The van der Waals surface area contributed by atoms with Crippen molar-refractivity contribution in [1.29, 1.82) is 0 Å². The molecular formula is C13H30N2O. The Morgan fingerprint density at radius 2 is 1.69 bits per heavy atom. The van der Waals surface area contributed by atoms with Gasteiger partial charge in [0.25, 0.3) is 0 Å². The molecule has 0 amide bonds. The van der Waals surface area contributed by atoms with Crippen LogP contribution < -0.4 is 5.32 Å². The lowest BCUT2D eigenvalue weighted by molar-refractivity contribution is 0.0765. The zero-order valence-electron chi connectivity index (χ0n) is 12.1. The number of nitrogens with one attached hydrogen (secondary N) is 1. The van der Waals surface area contributed by atoms with Gasteiger partial charge in [0.2, 0.25) is 0 Å². The van der Waals surface area contributed by atoms with Crippen LogP contribution in [-0.2, 0) is 4.74 Å². The molecule has 0 aromatic heterocycles. The Balaban J connectivity index is 4.04. The van der Waals surface area contributed by atoms with Crippen molar-refractivity contribution in [2.75, 3.05) is 27.3 Å². The highest BCUT2D eigenvalue weighted by Crippen LogP contribution is 2.12. The smallest absolute Gasteiger partial charge is 0.0615 e. The highest BCUT2D eigenvalue weighted by molar-refractivity contribution is 4.76. The van der Waals surface area contributed by atoms with E-state index >= 15 is 0 Å². The van der Waals surface area contributed by atoms with Crippen LogP contribution >= 0.6 is 0 Å². The molecule has 1 N–H and O–H groups in total. The number of hydrogen-bond donors (Lipinski definition) is 1. The molecule has 0 spiro atoms. The lowest BCUT2D eigenvalue weighted by Crippen LogP contribution is -2.45. The van der Waals surface area contributed by atoms with E-state index in [1.807, 2.05) is 0 Å². The lowest BCUT2D eigenvalue weighted by atomic mass is 10.0. The lowest BCUT2D eigenvalue weighted by Gasteiger charge is -2.34. The molecule has 0 heterocycles. The largest absolute Gasteiger partial charge is 0.383 e. The maximum absolute atomic E-state index is 5.20. The van der Waals surface area contributed by atoms with Gasteiger partial charge >= 0.3 is 0 Å². The summed E-state index contributed by atoms with van der Waals surface area (Å²) in [7, 11) is 3.94. The molecule has 98 valence electrons. The van der Waals surface area contributed by atoms with Crippen molar-refractivity contribution in [1.82, 2.24) is 10.2 Å². The molecule has 3 heteroatoms. The molecule has 0 radical (unpaired) electrons. The summed E-state index contributed by atoms with van der Waals surface area (Å²) in [5.74, 6) is 0.645. The fourth-order valence-electron chi connectivity index (χ4n) is 1.75. The van der Waals surface area contributed by atoms with E-state index in [2.05, 4.69) is 51.9 Å². The molecule has 16 heavy (non-hydrogen) atoms. The Bertz CT molecular complexity index is 173. The van der Waals surface area contributed by atoms with Gasteiger partial charge in [-0.2, -0.15) is 0 Å². The van der Waals surface area contributed by atoms with E-state index in [1.165, 1.54) is 0 Å². The van der Waals surface area contributed by atoms with E-state index < -0.39 is 0 Å². The average molecular weight is 230 g/mol.